The Balaban J connectivity index is 1.56. The second-order valence-electron chi connectivity index (χ2n) is 11.0. The van der Waals surface area contributed by atoms with E-state index in [1.807, 2.05) is 24.5 Å². The number of para-hydroxylation sites is 2. The van der Waals surface area contributed by atoms with Crippen molar-refractivity contribution in [1.29, 1.82) is 5.26 Å². The minimum absolute atomic E-state index is 0.635. The molecule has 0 amide bonds. The van der Waals surface area contributed by atoms with Crippen LogP contribution in [0.1, 0.15) is 16.7 Å². The molecule has 0 saturated heterocycles. The number of fused-ring (bicyclic) bond motifs is 6. The zero-order valence-corrected chi connectivity index (χ0v) is 23.3. The number of nitriles is 1. The van der Waals surface area contributed by atoms with Crippen LogP contribution < -0.4 is 0 Å². The summed E-state index contributed by atoms with van der Waals surface area (Å²) >= 11 is 0. The lowest BCUT2D eigenvalue weighted by Gasteiger charge is -2.19. The summed E-state index contributed by atoms with van der Waals surface area (Å²) in [5.41, 5.74) is 11.7. The van der Waals surface area contributed by atoms with Gasteiger partial charge in [-0.25, -0.2) is 0 Å². The first-order valence-electron chi connectivity index (χ1n) is 14.1. The maximum Gasteiger partial charge on any atom is 0.0991 e. The van der Waals surface area contributed by atoms with Crippen molar-refractivity contribution in [2.45, 2.75) is 13.8 Å². The molecule has 0 aliphatic rings. The second kappa shape index (κ2) is 9.19. The first-order chi connectivity index (χ1) is 20.6. The number of hydrogen-bond donors (Lipinski definition) is 0. The predicted octanol–water partition coefficient (Wildman–Crippen LogP) is 9.43. The topological polar surface area (TPSA) is 46.5 Å². The molecule has 4 heteroatoms. The molecule has 0 unspecified atom stereocenters. The summed E-state index contributed by atoms with van der Waals surface area (Å²) in [6, 6.07) is 40.6. The lowest BCUT2D eigenvalue weighted by atomic mass is 10.0. The Hall–Kier alpha value is -5.66. The van der Waals surface area contributed by atoms with E-state index in [1.165, 1.54) is 32.7 Å². The Kier molecular flexibility index (Phi) is 5.29. The molecule has 0 aliphatic carbocycles. The molecule has 0 N–H and O–H groups in total. The molecule has 0 spiro atoms. The van der Waals surface area contributed by atoms with Crippen molar-refractivity contribution in [3.8, 4) is 28.6 Å². The van der Waals surface area contributed by atoms with Crippen LogP contribution in [0, 0.1) is 25.2 Å². The van der Waals surface area contributed by atoms with E-state index in [4.69, 9.17) is 4.98 Å². The molecule has 8 rings (SSSR count). The smallest absolute Gasteiger partial charge is 0.0991 e. The Labute approximate surface area is 243 Å². The lowest BCUT2D eigenvalue weighted by Crippen LogP contribution is -2.05. The first kappa shape index (κ1) is 24.2. The van der Waals surface area contributed by atoms with Crippen molar-refractivity contribution in [2.75, 3.05) is 0 Å². The van der Waals surface area contributed by atoms with Crippen molar-refractivity contribution < 1.29 is 0 Å². The van der Waals surface area contributed by atoms with E-state index in [1.54, 1.807) is 0 Å². The van der Waals surface area contributed by atoms with Gasteiger partial charge in [-0.05, 0) is 66.9 Å². The molecule has 8 aromatic rings. The van der Waals surface area contributed by atoms with Gasteiger partial charge in [0.25, 0.3) is 0 Å². The van der Waals surface area contributed by atoms with E-state index in [2.05, 4.69) is 126 Å². The van der Waals surface area contributed by atoms with Crippen LogP contribution in [0.5, 0.6) is 0 Å². The van der Waals surface area contributed by atoms with Gasteiger partial charge in [-0.1, -0.05) is 72.8 Å². The highest BCUT2D eigenvalue weighted by molar-refractivity contribution is 6.12. The second-order valence-corrected chi connectivity index (χ2v) is 11.0. The average Bonchev–Trinajstić information content (AvgIpc) is 3.52. The largest absolute Gasteiger partial charge is 0.307 e. The summed E-state index contributed by atoms with van der Waals surface area (Å²) in [5.74, 6) is 0. The molecule has 3 aromatic heterocycles. The van der Waals surface area contributed by atoms with E-state index < -0.39 is 0 Å². The van der Waals surface area contributed by atoms with Crippen molar-refractivity contribution in [2.24, 2.45) is 0 Å². The summed E-state index contributed by atoms with van der Waals surface area (Å²) < 4.78 is 4.70. The van der Waals surface area contributed by atoms with Gasteiger partial charge in [-0.15, -0.1) is 0 Å². The first-order valence-corrected chi connectivity index (χ1v) is 14.1. The Morgan fingerprint density at radius 1 is 0.548 bits per heavy atom. The number of aryl methyl sites for hydroxylation is 2. The quantitative estimate of drug-likeness (QED) is 0.225. The van der Waals surface area contributed by atoms with E-state index in [0.717, 1.165) is 44.6 Å². The summed E-state index contributed by atoms with van der Waals surface area (Å²) in [5, 5.41) is 14.4. The molecule has 0 saturated carbocycles. The maximum absolute atomic E-state index is 9.57. The Bertz CT molecular complexity index is 2240. The molecule has 198 valence electrons. The van der Waals surface area contributed by atoms with Crippen LogP contribution in [0.3, 0.4) is 0 Å². The number of nitrogens with zero attached hydrogens (tertiary/aromatic N) is 4. The molecule has 42 heavy (non-hydrogen) atoms. The third kappa shape index (κ3) is 3.51. The van der Waals surface area contributed by atoms with Gasteiger partial charge in [0.15, 0.2) is 0 Å². The molecular weight excluding hydrogens is 512 g/mol. The number of hydrogen-bond acceptors (Lipinski definition) is 2. The SMILES string of the molecule is Cc1ccc2c3ccccc3n(-c3cncc(-n4c5ccccc5c5ccc(C)cc54)c3-c3ccc(C#N)cc3)c2c1. The summed E-state index contributed by atoms with van der Waals surface area (Å²) in [7, 11) is 0. The highest BCUT2D eigenvalue weighted by atomic mass is 15.0. The maximum atomic E-state index is 9.57. The fraction of sp³-hybridized carbons (Fsp3) is 0.0526. The zero-order valence-electron chi connectivity index (χ0n) is 23.3. The van der Waals surface area contributed by atoms with Gasteiger partial charge in [-0.2, -0.15) is 5.26 Å². The Morgan fingerprint density at radius 2 is 1.02 bits per heavy atom. The van der Waals surface area contributed by atoms with Gasteiger partial charge < -0.3 is 9.13 Å². The van der Waals surface area contributed by atoms with Gasteiger partial charge in [0.2, 0.25) is 0 Å². The standard InChI is InChI=1S/C38H26N4/c1-24-11-17-30-28-7-3-5-9-32(28)41(34(30)19-24)36-22-40-23-37(38(36)27-15-13-26(21-39)14-16-27)42-33-10-6-4-8-29(33)31-18-12-25(2)20-35(31)42/h3-20,22-23H,1-2H3. The fourth-order valence-corrected chi connectivity index (χ4v) is 6.47. The number of benzene rings is 5. The van der Waals surface area contributed by atoms with Crippen LogP contribution in [0.15, 0.2) is 122 Å². The zero-order chi connectivity index (χ0) is 28.4. The summed E-state index contributed by atoms with van der Waals surface area (Å²) in [6.45, 7) is 4.27. The third-order valence-electron chi connectivity index (χ3n) is 8.35. The van der Waals surface area contributed by atoms with Gasteiger partial charge in [0.05, 0.1) is 57.5 Å². The minimum atomic E-state index is 0.635. The molecular formula is C38H26N4. The van der Waals surface area contributed by atoms with Crippen molar-refractivity contribution >= 4 is 43.6 Å². The van der Waals surface area contributed by atoms with Crippen LogP contribution in [-0.4, -0.2) is 14.1 Å². The molecule has 4 nitrogen and oxygen atoms in total. The van der Waals surface area contributed by atoms with Crippen molar-refractivity contribution in [3.63, 3.8) is 0 Å². The van der Waals surface area contributed by atoms with E-state index >= 15 is 0 Å². The summed E-state index contributed by atoms with van der Waals surface area (Å²) in [6.07, 6.45) is 3.95. The predicted molar refractivity (Wildman–Crippen MR) is 173 cm³/mol. The van der Waals surface area contributed by atoms with Crippen molar-refractivity contribution in [1.82, 2.24) is 14.1 Å². The van der Waals surface area contributed by atoms with Gasteiger partial charge in [0.1, 0.15) is 0 Å². The molecule has 0 aliphatic heterocycles. The lowest BCUT2D eigenvalue weighted by molar-refractivity contribution is 1.09. The monoisotopic (exact) mass is 538 g/mol. The third-order valence-corrected chi connectivity index (χ3v) is 8.35. The highest BCUT2D eigenvalue weighted by Gasteiger charge is 2.22. The molecule has 0 atom stereocenters. The van der Waals surface area contributed by atoms with E-state index in [-0.39, 0.29) is 0 Å². The normalized spacial score (nSPS) is 11.5. The molecule has 0 fully saturated rings. The molecule has 0 radical (unpaired) electrons. The number of aromatic nitrogens is 3. The van der Waals surface area contributed by atoms with Gasteiger partial charge in [-0.3, -0.25) is 4.98 Å². The van der Waals surface area contributed by atoms with Crippen LogP contribution in [-0.2, 0) is 0 Å². The average molecular weight is 539 g/mol. The summed E-state index contributed by atoms with van der Waals surface area (Å²) in [4.78, 5) is 4.89. The van der Waals surface area contributed by atoms with Crippen LogP contribution in [0.25, 0.3) is 66.1 Å². The van der Waals surface area contributed by atoms with Crippen LogP contribution >= 0.6 is 0 Å². The molecule has 0 bridgehead atoms. The van der Waals surface area contributed by atoms with E-state index in [9.17, 15) is 5.26 Å². The van der Waals surface area contributed by atoms with Crippen LogP contribution in [0.2, 0.25) is 0 Å². The number of rotatable bonds is 3. The minimum Gasteiger partial charge on any atom is -0.307 e. The van der Waals surface area contributed by atoms with E-state index in [0.29, 0.717) is 5.56 Å². The highest BCUT2D eigenvalue weighted by Crippen LogP contribution is 2.41. The van der Waals surface area contributed by atoms with Crippen LogP contribution in [0.4, 0.5) is 0 Å². The molecule has 3 heterocycles. The number of pyridine rings is 1. The Morgan fingerprint density at radius 3 is 1.52 bits per heavy atom. The van der Waals surface area contributed by atoms with Crippen molar-refractivity contribution in [3.05, 3.63) is 138 Å². The van der Waals surface area contributed by atoms with Gasteiger partial charge in [0, 0.05) is 27.1 Å². The molecule has 5 aromatic carbocycles. The van der Waals surface area contributed by atoms with Gasteiger partial charge >= 0.3 is 0 Å². The fourth-order valence-electron chi connectivity index (χ4n) is 6.47.